The van der Waals surface area contributed by atoms with E-state index in [9.17, 15) is 5.21 Å². The molecule has 7 heavy (non-hydrogen) atoms. The van der Waals surface area contributed by atoms with Gasteiger partial charge in [-0.05, 0) is 0 Å². The van der Waals surface area contributed by atoms with Gasteiger partial charge in [0.05, 0.1) is 0 Å². The van der Waals surface area contributed by atoms with E-state index in [1.54, 1.807) is 0 Å². The second-order valence-electron chi connectivity index (χ2n) is 1.11. The zero-order valence-corrected chi connectivity index (χ0v) is 4.35. The van der Waals surface area contributed by atoms with E-state index < -0.39 is 0 Å². The fourth-order valence-corrected chi connectivity index (χ4v) is 0.455. The molecule has 1 N–H and O–H groups in total. The summed E-state index contributed by atoms with van der Waals surface area (Å²) in [6.07, 6.45) is 2.87. The van der Waals surface area contributed by atoms with Crippen LogP contribution in [0.25, 0.3) is 0 Å². The van der Waals surface area contributed by atoms with Crippen LogP contribution in [0.5, 0.6) is 0 Å². The summed E-state index contributed by atoms with van der Waals surface area (Å²) in [7, 11) is 0. The summed E-state index contributed by atoms with van der Waals surface area (Å²) in [6, 6.07) is 0. The molecule has 0 radical (unpaired) electrons. The number of H-pyrrole nitrogens is 1. The summed E-state index contributed by atoms with van der Waals surface area (Å²) in [6.45, 7) is 0. The smallest absolute Gasteiger partial charge is 0.315 e. The molecule has 0 amide bonds. The Morgan fingerprint density at radius 3 is 2.71 bits per heavy atom. The summed E-state index contributed by atoms with van der Waals surface area (Å²) >= 11 is 3.74. The van der Waals surface area contributed by atoms with Crippen LogP contribution >= 0.6 is 12.6 Å². The van der Waals surface area contributed by atoms with Gasteiger partial charge < -0.3 is 5.21 Å². The average Bonchev–Trinajstić information content (AvgIpc) is 1.91. The predicted octanol–water partition coefficient (Wildman–Crippen LogP) is -0.0632. The Labute approximate surface area is 46.0 Å². The zero-order valence-electron chi connectivity index (χ0n) is 3.46. The maximum absolute atomic E-state index is 10.2. The minimum absolute atomic E-state index is 0.319. The normalized spacial score (nSPS) is 9.29. The molecule has 0 aliphatic heterocycles. The van der Waals surface area contributed by atoms with Crippen LogP contribution in [-0.4, -0.2) is 4.98 Å². The quantitative estimate of drug-likeness (QED) is 0.278. The molecule has 3 nitrogen and oxygen atoms in total. The number of rotatable bonds is 0. The highest BCUT2D eigenvalue weighted by Crippen LogP contribution is 1.87. The average molecular weight is 116 g/mol. The lowest BCUT2D eigenvalue weighted by Crippen LogP contribution is -2.23. The van der Waals surface area contributed by atoms with Crippen molar-refractivity contribution in [3.63, 3.8) is 0 Å². The van der Waals surface area contributed by atoms with Gasteiger partial charge >= 0.3 is 5.16 Å². The summed E-state index contributed by atoms with van der Waals surface area (Å²) in [5.41, 5.74) is 0. The van der Waals surface area contributed by atoms with E-state index in [1.807, 2.05) is 0 Å². The molecule has 0 fully saturated rings. The molecular formula is C3H4N2OS. The highest BCUT2D eigenvalue weighted by atomic mass is 32.1. The van der Waals surface area contributed by atoms with Crippen LogP contribution in [0.15, 0.2) is 17.6 Å². The molecule has 38 valence electrons. The summed E-state index contributed by atoms with van der Waals surface area (Å²) < 4.78 is 0.642. The van der Waals surface area contributed by atoms with Crippen LogP contribution in [0.1, 0.15) is 0 Å². The molecule has 0 spiro atoms. The third kappa shape index (κ3) is 0.691. The third-order valence-electron chi connectivity index (χ3n) is 0.631. The minimum Gasteiger partial charge on any atom is -0.710 e. The zero-order chi connectivity index (χ0) is 5.28. The first-order valence-corrected chi connectivity index (χ1v) is 2.21. The largest absolute Gasteiger partial charge is 0.710 e. The number of aromatic amines is 1. The van der Waals surface area contributed by atoms with Gasteiger partial charge in [-0.3, -0.25) is 0 Å². The van der Waals surface area contributed by atoms with E-state index in [-0.39, 0.29) is 0 Å². The van der Waals surface area contributed by atoms with Crippen molar-refractivity contribution in [3.05, 3.63) is 17.6 Å². The number of thiol groups is 1. The minimum atomic E-state index is 0.319. The molecule has 0 saturated heterocycles. The van der Waals surface area contributed by atoms with Gasteiger partial charge in [-0.25, -0.2) is 9.71 Å². The van der Waals surface area contributed by atoms with E-state index in [0.717, 1.165) is 0 Å². The van der Waals surface area contributed by atoms with Crippen molar-refractivity contribution in [2.75, 3.05) is 0 Å². The first kappa shape index (κ1) is 4.52. The molecular weight excluding hydrogens is 112 g/mol. The maximum atomic E-state index is 10.2. The van der Waals surface area contributed by atoms with E-state index in [0.29, 0.717) is 9.89 Å². The second-order valence-corrected chi connectivity index (χ2v) is 1.53. The van der Waals surface area contributed by atoms with E-state index in [2.05, 4.69) is 17.6 Å². The Balaban J connectivity index is 3.12. The van der Waals surface area contributed by atoms with Crippen LogP contribution < -0.4 is 4.73 Å². The fourth-order valence-electron chi connectivity index (χ4n) is 0.314. The Bertz CT molecular complexity index is 145. The van der Waals surface area contributed by atoms with Gasteiger partial charge in [-0.15, -0.1) is 0 Å². The van der Waals surface area contributed by atoms with Crippen molar-refractivity contribution < 1.29 is 4.73 Å². The third-order valence-corrected chi connectivity index (χ3v) is 0.957. The Hall–Kier alpha value is -0.640. The Kier molecular flexibility index (Phi) is 0.941. The molecule has 0 aromatic carbocycles. The first-order valence-electron chi connectivity index (χ1n) is 1.76. The second kappa shape index (κ2) is 1.46. The highest BCUT2D eigenvalue weighted by Gasteiger charge is 1.91. The van der Waals surface area contributed by atoms with Crippen LogP contribution in [0, 0.1) is 5.21 Å². The molecule has 0 saturated carbocycles. The monoisotopic (exact) mass is 116 g/mol. The van der Waals surface area contributed by atoms with E-state index in [4.69, 9.17) is 0 Å². The lowest BCUT2D eigenvalue weighted by molar-refractivity contribution is -0.644. The predicted molar refractivity (Wildman–Crippen MR) is 27.0 cm³/mol. The fraction of sp³-hybridized carbons (Fsp3) is 0. The summed E-state index contributed by atoms with van der Waals surface area (Å²) in [4.78, 5) is 2.58. The van der Waals surface area contributed by atoms with Gasteiger partial charge in [0, 0.05) is 0 Å². The molecule has 1 heterocycles. The van der Waals surface area contributed by atoms with Crippen molar-refractivity contribution in [2.24, 2.45) is 0 Å². The van der Waals surface area contributed by atoms with Crippen molar-refractivity contribution in [3.8, 4) is 0 Å². The molecule has 0 bridgehead atoms. The van der Waals surface area contributed by atoms with Crippen LogP contribution in [-0.2, 0) is 0 Å². The van der Waals surface area contributed by atoms with Crippen LogP contribution in [0.4, 0.5) is 0 Å². The Morgan fingerprint density at radius 2 is 2.57 bits per heavy atom. The van der Waals surface area contributed by atoms with Crippen molar-refractivity contribution in [1.29, 1.82) is 0 Å². The topological polar surface area (TPSA) is 42.7 Å². The van der Waals surface area contributed by atoms with Crippen molar-refractivity contribution in [2.45, 2.75) is 5.16 Å². The van der Waals surface area contributed by atoms with Gasteiger partial charge in [0.2, 0.25) is 0 Å². The van der Waals surface area contributed by atoms with Crippen LogP contribution in [0.2, 0.25) is 0 Å². The number of hydrogen-bond acceptors (Lipinski definition) is 2. The van der Waals surface area contributed by atoms with Gasteiger partial charge in [0.1, 0.15) is 12.4 Å². The van der Waals surface area contributed by atoms with Crippen molar-refractivity contribution >= 4 is 12.6 Å². The molecule has 0 aliphatic rings. The molecule has 1 rings (SSSR count). The van der Waals surface area contributed by atoms with Gasteiger partial charge in [-0.1, -0.05) is 12.6 Å². The van der Waals surface area contributed by atoms with Gasteiger partial charge in [0.15, 0.2) is 0 Å². The maximum Gasteiger partial charge on any atom is 0.315 e. The lowest BCUT2D eigenvalue weighted by atomic mass is 11.0. The highest BCUT2D eigenvalue weighted by molar-refractivity contribution is 7.79. The molecule has 0 atom stereocenters. The van der Waals surface area contributed by atoms with Crippen LogP contribution in [0.3, 0.4) is 0 Å². The lowest BCUT2D eigenvalue weighted by Gasteiger charge is -1.91. The first-order chi connectivity index (χ1) is 3.30. The molecule has 1 aromatic heterocycles. The number of nitrogens with zero attached hydrogens (tertiary/aromatic N) is 1. The standard InChI is InChI=1S/C3H4N2OS/c6-5-2-1-4-3(5)7/h1-2,4,7H. The summed E-state index contributed by atoms with van der Waals surface area (Å²) in [5, 5.41) is 10.5. The van der Waals surface area contributed by atoms with Gasteiger partial charge in [0.25, 0.3) is 0 Å². The Morgan fingerprint density at radius 1 is 1.86 bits per heavy atom. The number of nitrogens with one attached hydrogen (secondary N) is 1. The van der Waals surface area contributed by atoms with Crippen molar-refractivity contribution in [1.82, 2.24) is 4.98 Å². The molecule has 1 aromatic rings. The number of imidazole rings is 1. The number of aromatic nitrogens is 2. The van der Waals surface area contributed by atoms with E-state index >= 15 is 0 Å². The summed E-state index contributed by atoms with van der Waals surface area (Å²) in [5.74, 6) is 0. The van der Waals surface area contributed by atoms with E-state index in [1.165, 1.54) is 12.4 Å². The van der Waals surface area contributed by atoms with Gasteiger partial charge in [-0.2, -0.15) is 0 Å². The molecule has 4 heteroatoms. The molecule has 0 aliphatic carbocycles. The molecule has 0 unspecified atom stereocenters. The number of hydrogen-bond donors (Lipinski definition) is 2. The SMILES string of the molecule is [O-][n+]1cc[nH]c1S.